The molecule has 1 aliphatic heterocycles. The van der Waals surface area contributed by atoms with E-state index in [9.17, 15) is 0 Å². The first kappa shape index (κ1) is 12.7. The Kier molecular flexibility index (Phi) is 3.89. The molecule has 1 saturated heterocycles. The van der Waals surface area contributed by atoms with Crippen molar-refractivity contribution < 1.29 is 4.42 Å². The molecule has 0 spiro atoms. The van der Waals surface area contributed by atoms with Gasteiger partial charge in [-0.05, 0) is 44.4 Å². The summed E-state index contributed by atoms with van der Waals surface area (Å²) in [4.78, 5) is 2.54. The average molecular weight is 236 g/mol. The molecule has 0 bridgehead atoms. The van der Waals surface area contributed by atoms with Crippen LogP contribution in [0.4, 0.5) is 0 Å². The molecule has 0 amide bonds. The van der Waals surface area contributed by atoms with Gasteiger partial charge in [-0.25, -0.2) is 0 Å². The van der Waals surface area contributed by atoms with Crippen LogP contribution >= 0.6 is 0 Å². The molecule has 3 unspecified atom stereocenters. The molecule has 2 N–H and O–H groups in total. The topological polar surface area (TPSA) is 42.4 Å². The minimum atomic E-state index is 0.0977. The molecule has 17 heavy (non-hydrogen) atoms. The van der Waals surface area contributed by atoms with Crippen LogP contribution in [-0.2, 0) is 0 Å². The molecule has 3 nitrogen and oxygen atoms in total. The molecule has 1 fully saturated rings. The van der Waals surface area contributed by atoms with Crippen molar-refractivity contribution >= 4 is 0 Å². The van der Waals surface area contributed by atoms with E-state index < -0.39 is 0 Å². The monoisotopic (exact) mass is 236 g/mol. The molecule has 1 aromatic heterocycles. The summed E-state index contributed by atoms with van der Waals surface area (Å²) in [5.74, 6) is 1.68. The fourth-order valence-corrected chi connectivity index (χ4v) is 3.06. The molecule has 0 saturated carbocycles. The number of nitrogens with two attached hydrogens (primary N) is 1. The summed E-state index contributed by atoms with van der Waals surface area (Å²) in [6.07, 6.45) is 4.29. The molecule has 2 heterocycles. The lowest BCUT2D eigenvalue weighted by atomic mass is 9.98. The van der Waals surface area contributed by atoms with E-state index in [-0.39, 0.29) is 12.1 Å². The van der Waals surface area contributed by atoms with Crippen molar-refractivity contribution in [1.29, 1.82) is 0 Å². The Labute approximate surface area is 104 Å². The predicted molar refractivity (Wildman–Crippen MR) is 69.7 cm³/mol. The minimum Gasteiger partial charge on any atom is -0.468 e. The van der Waals surface area contributed by atoms with Gasteiger partial charge >= 0.3 is 0 Å². The highest BCUT2D eigenvalue weighted by molar-refractivity contribution is 5.09. The van der Waals surface area contributed by atoms with Gasteiger partial charge in [0.05, 0.1) is 12.3 Å². The van der Waals surface area contributed by atoms with Gasteiger partial charge in [-0.3, -0.25) is 4.90 Å². The highest BCUT2D eigenvalue weighted by Gasteiger charge is 2.36. The first-order valence-electron chi connectivity index (χ1n) is 6.66. The Bertz CT molecular complexity index is 332. The zero-order valence-corrected chi connectivity index (χ0v) is 11.1. The maximum absolute atomic E-state index is 6.17. The first-order valence-corrected chi connectivity index (χ1v) is 6.66. The van der Waals surface area contributed by atoms with Crippen molar-refractivity contribution in [1.82, 2.24) is 4.90 Å². The Morgan fingerprint density at radius 3 is 2.71 bits per heavy atom. The first-order chi connectivity index (χ1) is 8.11. The van der Waals surface area contributed by atoms with E-state index >= 15 is 0 Å². The van der Waals surface area contributed by atoms with E-state index in [1.165, 1.54) is 12.8 Å². The van der Waals surface area contributed by atoms with E-state index in [0.717, 1.165) is 12.3 Å². The summed E-state index contributed by atoms with van der Waals surface area (Å²) in [7, 11) is 0. The van der Waals surface area contributed by atoms with Gasteiger partial charge in [-0.15, -0.1) is 0 Å². The molecule has 3 atom stereocenters. The quantitative estimate of drug-likeness (QED) is 0.874. The van der Waals surface area contributed by atoms with Crippen molar-refractivity contribution in [3.05, 3.63) is 24.2 Å². The van der Waals surface area contributed by atoms with Crippen molar-refractivity contribution in [2.45, 2.75) is 51.7 Å². The standard InChI is InChI=1S/C14H24N2O/c1-10(2)12-6-4-8-16(12)14(11(3)15)13-7-5-9-17-13/h5,7,9-12,14H,4,6,8,15H2,1-3H3. The van der Waals surface area contributed by atoms with Gasteiger partial charge in [0, 0.05) is 12.1 Å². The lowest BCUT2D eigenvalue weighted by Crippen LogP contribution is -2.43. The van der Waals surface area contributed by atoms with Crippen LogP contribution in [-0.4, -0.2) is 23.5 Å². The summed E-state index contributed by atoms with van der Waals surface area (Å²) in [5.41, 5.74) is 6.17. The van der Waals surface area contributed by atoms with Crippen molar-refractivity contribution in [3.63, 3.8) is 0 Å². The average Bonchev–Trinajstić information content (AvgIpc) is 2.87. The van der Waals surface area contributed by atoms with Gasteiger partial charge in [0.15, 0.2) is 0 Å². The molecule has 0 radical (unpaired) electrons. The van der Waals surface area contributed by atoms with Crippen LogP contribution in [0.5, 0.6) is 0 Å². The zero-order valence-electron chi connectivity index (χ0n) is 11.1. The van der Waals surface area contributed by atoms with E-state index in [1.807, 2.05) is 12.1 Å². The van der Waals surface area contributed by atoms with E-state index in [1.54, 1.807) is 6.26 Å². The number of likely N-dealkylation sites (tertiary alicyclic amines) is 1. The SMILES string of the molecule is CC(C)C1CCCN1C(c1ccco1)C(C)N. The maximum atomic E-state index is 6.17. The van der Waals surface area contributed by atoms with Gasteiger partial charge < -0.3 is 10.2 Å². The maximum Gasteiger partial charge on any atom is 0.122 e. The third-order valence-corrected chi connectivity index (χ3v) is 3.80. The summed E-state index contributed by atoms with van der Waals surface area (Å²) in [6.45, 7) is 7.80. The van der Waals surface area contributed by atoms with Crippen molar-refractivity contribution in [3.8, 4) is 0 Å². The number of hydrogen-bond acceptors (Lipinski definition) is 3. The smallest absolute Gasteiger partial charge is 0.122 e. The van der Waals surface area contributed by atoms with Crippen LogP contribution < -0.4 is 5.73 Å². The third-order valence-electron chi connectivity index (χ3n) is 3.80. The zero-order chi connectivity index (χ0) is 12.4. The molecule has 1 aliphatic rings. The Balaban J connectivity index is 2.22. The summed E-state index contributed by atoms with van der Waals surface area (Å²) >= 11 is 0. The summed E-state index contributed by atoms with van der Waals surface area (Å²) < 4.78 is 5.58. The predicted octanol–water partition coefficient (Wildman–Crippen LogP) is 2.79. The van der Waals surface area contributed by atoms with Crippen LogP contribution in [0.1, 0.15) is 45.4 Å². The van der Waals surface area contributed by atoms with Crippen LogP contribution in [0.15, 0.2) is 22.8 Å². The lowest BCUT2D eigenvalue weighted by Gasteiger charge is -2.36. The molecular weight excluding hydrogens is 212 g/mol. The summed E-state index contributed by atoms with van der Waals surface area (Å²) in [6, 6.07) is 4.95. The van der Waals surface area contributed by atoms with Gasteiger partial charge in [0.25, 0.3) is 0 Å². The van der Waals surface area contributed by atoms with Gasteiger partial charge in [0.1, 0.15) is 5.76 Å². The fraction of sp³-hybridized carbons (Fsp3) is 0.714. The Hall–Kier alpha value is -0.800. The highest BCUT2D eigenvalue weighted by atomic mass is 16.3. The molecule has 0 aliphatic carbocycles. The van der Waals surface area contributed by atoms with E-state index in [2.05, 4.69) is 25.7 Å². The van der Waals surface area contributed by atoms with Gasteiger partial charge in [-0.2, -0.15) is 0 Å². The van der Waals surface area contributed by atoms with E-state index in [0.29, 0.717) is 12.0 Å². The second kappa shape index (κ2) is 5.23. The van der Waals surface area contributed by atoms with Crippen LogP contribution in [0, 0.1) is 5.92 Å². The Morgan fingerprint density at radius 1 is 1.41 bits per heavy atom. The molecule has 96 valence electrons. The Morgan fingerprint density at radius 2 is 2.18 bits per heavy atom. The van der Waals surface area contributed by atoms with Crippen LogP contribution in [0.3, 0.4) is 0 Å². The van der Waals surface area contributed by atoms with Crippen molar-refractivity contribution in [2.75, 3.05) is 6.54 Å². The van der Waals surface area contributed by atoms with Crippen molar-refractivity contribution in [2.24, 2.45) is 11.7 Å². The van der Waals surface area contributed by atoms with Gasteiger partial charge in [0.2, 0.25) is 0 Å². The molecule has 0 aromatic carbocycles. The third kappa shape index (κ3) is 2.55. The number of furan rings is 1. The number of hydrogen-bond donors (Lipinski definition) is 1. The number of nitrogens with zero attached hydrogens (tertiary/aromatic N) is 1. The summed E-state index contributed by atoms with van der Waals surface area (Å²) in [5, 5.41) is 0. The van der Waals surface area contributed by atoms with Gasteiger partial charge in [-0.1, -0.05) is 13.8 Å². The molecule has 2 rings (SSSR count). The fourth-order valence-electron chi connectivity index (χ4n) is 3.06. The molecule has 3 heteroatoms. The second-order valence-corrected chi connectivity index (χ2v) is 5.51. The number of rotatable bonds is 4. The second-order valence-electron chi connectivity index (χ2n) is 5.51. The highest BCUT2D eigenvalue weighted by Crippen LogP contribution is 2.34. The lowest BCUT2D eigenvalue weighted by molar-refractivity contribution is 0.114. The minimum absolute atomic E-state index is 0.0977. The molecule has 1 aromatic rings. The van der Waals surface area contributed by atoms with E-state index in [4.69, 9.17) is 10.2 Å². The molecular formula is C14H24N2O. The van der Waals surface area contributed by atoms with Crippen LogP contribution in [0.2, 0.25) is 0 Å². The largest absolute Gasteiger partial charge is 0.468 e. The van der Waals surface area contributed by atoms with Crippen LogP contribution in [0.25, 0.3) is 0 Å². The normalized spacial score (nSPS) is 25.4.